The van der Waals surface area contributed by atoms with Crippen LogP contribution in [-0.2, 0) is 6.42 Å². The van der Waals surface area contributed by atoms with Crippen LogP contribution in [0.5, 0.6) is 0 Å². The summed E-state index contributed by atoms with van der Waals surface area (Å²) in [4.78, 5) is 3.23. The molecule has 0 bridgehead atoms. The van der Waals surface area contributed by atoms with Crippen molar-refractivity contribution < 1.29 is 5.11 Å². The van der Waals surface area contributed by atoms with Gasteiger partial charge in [-0.25, -0.2) is 0 Å². The van der Waals surface area contributed by atoms with Crippen molar-refractivity contribution in [3.05, 3.63) is 36.0 Å². The maximum atomic E-state index is 10.1. The molecule has 78 valence electrons. The van der Waals surface area contributed by atoms with E-state index >= 15 is 0 Å². The summed E-state index contributed by atoms with van der Waals surface area (Å²) in [7, 11) is 0. The summed E-state index contributed by atoms with van der Waals surface area (Å²) in [6.07, 6.45) is 2.73. The topological polar surface area (TPSA) is 48.0 Å². The minimum Gasteiger partial charge on any atom is -0.387 e. The first-order valence-electron chi connectivity index (χ1n) is 5.25. The number of nitrogens with one attached hydrogen (secondary N) is 2. The fourth-order valence-corrected chi connectivity index (χ4v) is 2.17. The lowest BCUT2D eigenvalue weighted by molar-refractivity contribution is -0.00875. The van der Waals surface area contributed by atoms with Gasteiger partial charge in [0, 0.05) is 36.6 Å². The Morgan fingerprint density at radius 1 is 1.27 bits per heavy atom. The largest absolute Gasteiger partial charge is 0.387 e. The number of aromatic amines is 1. The maximum Gasteiger partial charge on any atom is 0.0935 e. The van der Waals surface area contributed by atoms with E-state index in [-0.39, 0.29) is 0 Å². The lowest BCUT2D eigenvalue weighted by Gasteiger charge is -2.37. The number of β-amino-alcohol motifs (C(OH)–C–C–N with tert-alkyl or cyclic N) is 1. The quantitative estimate of drug-likeness (QED) is 0.681. The smallest absolute Gasteiger partial charge is 0.0935 e. The lowest BCUT2D eigenvalue weighted by atomic mass is 9.89. The van der Waals surface area contributed by atoms with Gasteiger partial charge in [-0.05, 0) is 11.6 Å². The highest BCUT2D eigenvalue weighted by Gasteiger charge is 2.34. The summed E-state index contributed by atoms with van der Waals surface area (Å²) in [5.41, 5.74) is 1.81. The molecule has 1 aliphatic rings. The Balaban J connectivity index is 1.97. The van der Waals surface area contributed by atoms with Gasteiger partial charge in [-0.2, -0.15) is 0 Å². The molecular weight excluding hydrogens is 188 g/mol. The zero-order valence-corrected chi connectivity index (χ0v) is 8.46. The van der Waals surface area contributed by atoms with E-state index in [1.165, 1.54) is 10.9 Å². The summed E-state index contributed by atoms with van der Waals surface area (Å²) < 4.78 is 0. The Morgan fingerprint density at radius 3 is 2.80 bits per heavy atom. The third kappa shape index (κ3) is 1.44. The minimum absolute atomic E-state index is 0.537. The molecule has 2 heterocycles. The van der Waals surface area contributed by atoms with Crippen molar-refractivity contribution in [2.24, 2.45) is 0 Å². The number of aromatic nitrogens is 1. The SMILES string of the molecule is OC1(Cc2c[nH]c3ccccc23)CNC1. The maximum absolute atomic E-state index is 10.1. The van der Waals surface area contributed by atoms with Crippen molar-refractivity contribution in [1.29, 1.82) is 0 Å². The number of H-pyrrole nitrogens is 1. The Bertz CT molecular complexity index is 485. The van der Waals surface area contributed by atoms with Gasteiger partial charge in [0.1, 0.15) is 0 Å². The van der Waals surface area contributed by atoms with Crippen molar-refractivity contribution in [2.75, 3.05) is 13.1 Å². The van der Waals surface area contributed by atoms with Gasteiger partial charge in [0.2, 0.25) is 0 Å². The second-order valence-corrected chi connectivity index (χ2v) is 4.36. The van der Waals surface area contributed by atoms with Crippen LogP contribution in [0, 0.1) is 0 Å². The predicted molar refractivity (Wildman–Crippen MR) is 59.8 cm³/mol. The molecule has 0 spiro atoms. The first-order chi connectivity index (χ1) is 7.27. The lowest BCUT2D eigenvalue weighted by Crippen LogP contribution is -2.60. The van der Waals surface area contributed by atoms with E-state index in [2.05, 4.69) is 22.4 Å². The van der Waals surface area contributed by atoms with Crippen LogP contribution in [0.3, 0.4) is 0 Å². The van der Waals surface area contributed by atoms with Crippen LogP contribution in [0.25, 0.3) is 10.9 Å². The highest BCUT2D eigenvalue weighted by atomic mass is 16.3. The van der Waals surface area contributed by atoms with Gasteiger partial charge in [-0.3, -0.25) is 0 Å². The van der Waals surface area contributed by atoms with E-state index in [0.717, 1.165) is 11.9 Å². The van der Waals surface area contributed by atoms with Crippen molar-refractivity contribution in [3.63, 3.8) is 0 Å². The third-order valence-corrected chi connectivity index (χ3v) is 3.10. The molecule has 0 amide bonds. The fourth-order valence-electron chi connectivity index (χ4n) is 2.17. The number of para-hydroxylation sites is 1. The van der Waals surface area contributed by atoms with E-state index in [1.807, 2.05) is 18.3 Å². The summed E-state index contributed by atoms with van der Waals surface area (Å²) in [6, 6.07) is 8.20. The van der Waals surface area contributed by atoms with Gasteiger partial charge in [0.05, 0.1) is 5.60 Å². The molecular formula is C12H14N2O. The molecule has 0 radical (unpaired) electrons. The van der Waals surface area contributed by atoms with Gasteiger partial charge in [-0.1, -0.05) is 18.2 Å². The standard InChI is InChI=1S/C12H14N2O/c15-12(7-13-8-12)5-9-6-14-11-4-2-1-3-10(9)11/h1-4,6,13-15H,5,7-8H2. The molecule has 2 aromatic rings. The first kappa shape index (κ1) is 8.95. The van der Waals surface area contributed by atoms with Crippen LogP contribution in [0.2, 0.25) is 0 Å². The molecule has 1 aromatic carbocycles. The molecule has 3 heteroatoms. The van der Waals surface area contributed by atoms with Gasteiger partial charge >= 0.3 is 0 Å². The molecule has 3 N–H and O–H groups in total. The van der Waals surface area contributed by atoms with Gasteiger partial charge in [0.25, 0.3) is 0 Å². The second kappa shape index (κ2) is 3.08. The van der Waals surface area contributed by atoms with E-state index in [1.54, 1.807) is 0 Å². The van der Waals surface area contributed by atoms with E-state index in [9.17, 15) is 5.11 Å². The summed E-state index contributed by atoms with van der Waals surface area (Å²) in [5, 5.41) is 14.4. The number of benzene rings is 1. The average Bonchev–Trinajstić information content (AvgIpc) is 2.60. The van der Waals surface area contributed by atoms with E-state index < -0.39 is 5.60 Å². The van der Waals surface area contributed by atoms with Crippen LogP contribution in [0.15, 0.2) is 30.5 Å². The summed E-state index contributed by atoms with van der Waals surface area (Å²) in [5.74, 6) is 0. The van der Waals surface area contributed by atoms with Crippen LogP contribution in [-0.4, -0.2) is 28.8 Å². The molecule has 1 fully saturated rings. The van der Waals surface area contributed by atoms with E-state index in [0.29, 0.717) is 13.1 Å². The Labute approximate surface area is 88.1 Å². The Hall–Kier alpha value is -1.32. The Kier molecular flexibility index (Phi) is 1.84. The third-order valence-electron chi connectivity index (χ3n) is 3.10. The number of fused-ring (bicyclic) bond motifs is 1. The van der Waals surface area contributed by atoms with Crippen molar-refractivity contribution in [1.82, 2.24) is 10.3 Å². The molecule has 0 atom stereocenters. The van der Waals surface area contributed by atoms with Crippen molar-refractivity contribution >= 4 is 10.9 Å². The molecule has 0 unspecified atom stereocenters. The van der Waals surface area contributed by atoms with Crippen molar-refractivity contribution in [3.8, 4) is 0 Å². The highest BCUT2D eigenvalue weighted by Crippen LogP contribution is 2.24. The number of rotatable bonds is 2. The van der Waals surface area contributed by atoms with E-state index in [4.69, 9.17) is 0 Å². The van der Waals surface area contributed by atoms with Crippen LogP contribution in [0.4, 0.5) is 0 Å². The first-order valence-corrected chi connectivity index (χ1v) is 5.25. The molecule has 1 saturated heterocycles. The zero-order chi connectivity index (χ0) is 10.3. The molecule has 0 saturated carbocycles. The average molecular weight is 202 g/mol. The van der Waals surface area contributed by atoms with Gasteiger partial charge < -0.3 is 15.4 Å². The van der Waals surface area contributed by atoms with Crippen LogP contribution >= 0.6 is 0 Å². The number of aliphatic hydroxyl groups is 1. The van der Waals surface area contributed by atoms with Crippen LogP contribution in [0.1, 0.15) is 5.56 Å². The monoisotopic (exact) mass is 202 g/mol. The van der Waals surface area contributed by atoms with Gasteiger partial charge in [0.15, 0.2) is 0 Å². The molecule has 15 heavy (non-hydrogen) atoms. The molecule has 3 nitrogen and oxygen atoms in total. The molecule has 0 aliphatic carbocycles. The van der Waals surface area contributed by atoms with Crippen LogP contribution < -0.4 is 5.32 Å². The van der Waals surface area contributed by atoms with Crippen molar-refractivity contribution in [2.45, 2.75) is 12.0 Å². The normalized spacial score (nSPS) is 19.0. The zero-order valence-electron chi connectivity index (χ0n) is 8.46. The number of hydrogen-bond acceptors (Lipinski definition) is 2. The van der Waals surface area contributed by atoms with Gasteiger partial charge in [-0.15, -0.1) is 0 Å². The molecule has 1 aliphatic heterocycles. The second-order valence-electron chi connectivity index (χ2n) is 4.36. The predicted octanol–water partition coefficient (Wildman–Crippen LogP) is 1.04. The molecule has 1 aromatic heterocycles. The highest BCUT2D eigenvalue weighted by molar-refractivity contribution is 5.83. The Morgan fingerprint density at radius 2 is 2.07 bits per heavy atom. The summed E-state index contributed by atoms with van der Waals surface area (Å²) in [6.45, 7) is 1.40. The minimum atomic E-state index is -0.537. The fraction of sp³-hybridized carbons (Fsp3) is 0.333. The molecule has 3 rings (SSSR count). The summed E-state index contributed by atoms with van der Waals surface area (Å²) >= 11 is 0. The number of hydrogen-bond donors (Lipinski definition) is 3.